The van der Waals surface area contributed by atoms with Gasteiger partial charge in [-0.15, -0.1) is 0 Å². The molecule has 1 atom stereocenters. The number of carbonyl (C=O) groups is 1. The zero-order chi connectivity index (χ0) is 18.8. The van der Waals surface area contributed by atoms with Crippen LogP contribution in [0.2, 0.25) is 0 Å². The fourth-order valence-corrected chi connectivity index (χ4v) is 3.44. The highest BCUT2D eigenvalue weighted by Gasteiger charge is 2.18. The van der Waals surface area contributed by atoms with Crippen LogP contribution in [0.4, 0.5) is 10.1 Å². The van der Waals surface area contributed by atoms with Gasteiger partial charge in [-0.25, -0.2) is 4.39 Å². The molecule has 0 fully saturated rings. The lowest BCUT2D eigenvalue weighted by Gasteiger charge is -2.11. The Bertz CT molecular complexity index is 994. The van der Waals surface area contributed by atoms with E-state index in [-0.39, 0.29) is 11.7 Å². The lowest BCUT2D eigenvalue weighted by atomic mass is 10.2. The Kier molecular flexibility index (Phi) is 5.04. The molecule has 1 amide bonds. The summed E-state index contributed by atoms with van der Waals surface area (Å²) in [5.74, 6) is -0.615. The number of hydrogen-bond donors (Lipinski definition) is 1. The molecule has 0 spiro atoms. The molecule has 0 radical (unpaired) electrons. The first-order valence-corrected chi connectivity index (χ1v) is 9.63. The molecule has 6 heteroatoms. The highest BCUT2D eigenvalue weighted by Crippen LogP contribution is 2.24. The van der Waals surface area contributed by atoms with Crippen LogP contribution in [0.25, 0.3) is 5.69 Å². The molecule has 4 nitrogen and oxygen atoms in total. The van der Waals surface area contributed by atoms with E-state index < -0.39 is 10.8 Å². The summed E-state index contributed by atoms with van der Waals surface area (Å²) in [7, 11) is -1.06. The van der Waals surface area contributed by atoms with Crippen LogP contribution in [-0.4, -0.2) is 20.9 Å². The number of para-hydroxylation sites is 1. The number of benzene rings is 2. The number of halogens is 1. The Morgan fingerprint density at radius 2 is 1.73 bits per heavy atom. The van der Waals surface area contributed by atoms with E-state index in [0.29, 0.717) is 27.5 Å². The van der Waals surface area contributed by atoms with Crippen LogP contribution in [0, 0.1) is 19.7 Å². The van der Waals surface area contributed by atoms with Gasteiger partial charge in [-0.2, -0.15) is 0 Å². The quantitative estimate of drug-likeness (QED) is 0.747. The second-order valence-corrected chi connectivity index (χ2v) is 7.38. The normalized spacial score (nSPS) is 12.0. The Labute approximate surface area is 154 Å². The number of aromatic nitrogens is 1. The third kappa shape index (κ3) is 3.46. The van der Waals surface area contributed by atoms with Crippen molar-refractivity contribution in [3.8, 4) is 5.69 Å². The van der Waals surface area contributed by atoms with E-state index in [4.69, 9.17) is 0 Å². The average Bonchev–Trinajstić information content (AvgIpc) is 2.90. The number of carbonyl (C=O) groups excluding carboxylic acids is 1. The summed E-state index contributed by atoms with van der Waals surface area (Å²) in [6, 6.07) is 15.1. The van der Waals surface area contributed by atoms with E-state index >= 15 is 0 Å². The Balaban J connectivity index is 1.90. The highest BCUT2D eigenvalue weighted by molar-refractivity contribution is 7.84. The Morgan fingerprint density at radius 3 is 2.35 bits per heavy atom. The van der Waals surface area contributed by atoms with E-state index in [1.165, 1.54) is 6.07 Å². The van der Waals surface area contributed by atoms with Gasteiger partial charge >= 0.3 is 0 Å². The van der Waals surface area contributed by atoms with Crippen molar-refractivity contribution in [2.45, 2.75) is 18.7 Å². The van der Waals surface area contributed by atoms with Crippen LogP contribution in [0.1, 0.15) is 21.7 Å². The second kappa shape index (κ2) is 7.25. The molecule has 26 heavy (non-hydrogen) atoms. The fourth-order valence-electron chi connectivity index (χ4n) is 2.92. The maximum Gasteiger partial charge on any atom is 0.257 e. The molecule has 0 saturated heterocycles. The van der Waals surface area contributed by atoms with Crippen LogP contribution >= 0.6 is 0 Å². The summed E-state index contributed by atoms with van der Waals surface area (Å²) in [5.41, 5.74) is 2.94. The standard InChI is InChI=1S/C20H19FN2O2S/c1-13-12-17(14(2)23(13)19-7-5-4-6-18(19)21)20(24)22-15-8-10-16(11-9-15)26(3)25/h4-12H,1-3H3,(H,22,24)/t26-/m1/s1. The summed E-state index contributed by atoms with van der Waals surface area (Å²) >= 11 is 0. The lowest BCUT2D eigenvalue weighted by molar-refractivity contribution is 0.102. The van der Waals surface area contributed by atoms with Crippen molar-refractivity contribution in [2.75, 3.05) is 11.6 Å². The first-order valence-electron chi connectivity index (χ1n) is 8.07. The molecule has 2 aromatic carbocycles. The van der Waals surface area contributed by atoms with Gasteiger partial charge in [0.25, 0.3) is 5.91 Å². The van der Waals surface area contributed by atoms with Gasteiger partial charge in [0.1, 0.15) is 5.82 Å². The van der Waals surface area contributed by atoms with Crippen molar-refractivity contribution in [1.82, 2.24) is 4.57 Å². The third-order valence-electron chi connectivity index (χ3n) is 4.21. The van der Waals surface area contributed by atoms with Crippen LogP contribution in [0.5, 0.6) is 0 Å². The number of nitrogens with zero attached hydrogens (tertiary/aromatic N) is 1. The average molecular weight is 370 g/mol. The number of nitrogens with one attached hydrogen (secondary N) is 1. The maximum absolute atomic E-state index is 14.1. The summed E-state index contributed by atoms with van der Waals surface area (Å²) in [6.07, 6.45) is 1.60. The molecule has 3 aromatic rings. The lowest BCUT2D eigenvalue weighted by Crippen LogP contribution is -2.13. The van der Waals surface area contributed by atoms with Crippen molar-refractivity contribution in [1.29, 1.82) is 0 Å². The molecule has 0 bridgehead atoms. The Hall–Kier alpha value is -2.73. The van der Waals surface area contributed by atoms with Gasteiger partial charge in [-0.3, -0.25) is 9.00 Å². The van der Waals surface area contributed by atoms with Crippen LogP contribution in [-0.2, 0) is 10.8 Å². The molecule has 1 N–H and O–H groups in total. The summed E-state index contributed by atoms with van der Waals surface area (Å²) in [6.45, 7) is 3.62. The van der Waals surface area contributed by atoms with E-state index in [0.717, 1.165) is 5.69 Å². The number of anilines is 1. The van der Waals surface area contributed by atoms with Crippen LogP contribution in [0.15, 0.2) is 59.5 Å². The van der Waals surface area contributed by atoms with Crippen molar-refractivity contribution < 1.29 is 13.4 Å². The zero-order valence-corrected chi connectivity index (χ0v) is 15.6. The van der Waals surface area contributed by atoms with Crippen molar-refractivity contribution in [3.63, 3.8) is 0 Å². The monoisotopic (exact) mass is 370 g/mol. The molecular formula is C20H19FN2O2S. The van der Waals surface area contributed by atoms with Crippen molar-refractivity contribution in [3.05, 3.63) is 77.4 Å². The molecule has 1 heterocycles. The van der Waals surface area contributed by atoms with Crippen molar-refractivity contribution in [2.24, 2.45) is 0 Å². The van der Waals surface area contributed by atoms with Crippen molar-refractivity contribution >= 4 is 22.4 Å². The van der Waals surface area contributed by atoms with Gasteiger partial charge in [0.2, 0.25) is 0 Å². The second-order valence-electron chi connectivity index (χ2n) is 6.00. The highest BCUT2D eigenvalue weighted by atomic mass is 32.2. The number of amides is 1. The molecule has 3 rings (SSSR count). The first kappa shape index (κ1) is 18.1. The maximum atomic E-state index is 14.1. The van der Waals surface area contributed by atoms with Gasteiger partial charge in [0.05, 0.1) is 11.3 Å². The largest absolute Gasteiger partial charge is 0.322 e. The van der Waals surface area contributed by atoms with E-state index in [1.54, 1.807) is 66.3 Å². The molecule has 0 aliphatic carbocycles. The SMILES string of the molecule is Cc1cc(C(=O)Nc2ccc([S@@](C)=O)cc2)c(C)n1-c1ccccc1F. The van der Waals surface area contributed by atoms with E-state index in [1.807, 2.05) is 6.92 Å². The van der Waals surface area contributed by atoms with Gasteiger partial charge in [-0.1, -0.05) is 12.1 Å². The van der Waals surface area contributed by atoms with Gasteiger partial charge in [0, 0.05) is 39.0 Å². The molecule has 0 aliphatic heterocycles. The minimum Gasteiger partial charge on any atom is -0.322 e. The topological polar surface area (TPSA) is 51.1 Å². The van der Waals surface area contributed by atoms with Gasteiger partial charge < -0.3 is 9.88 Å². The molecule has 0 saturated carbocycles. The molecule has 134 valence electrons. The third-order valence-corrected chi connectivity index (χ3v) is 5.15. The molecule has 1 aromatic heterocycles. The zero-order valence-electron chi connectivity index (χ0n) is 14.7. The minimum absolute atomic E-state index is 0.272. The number of rotatable bonds is 4. The summed E-state index contributed by atoms with van der Waals surface area (Å²) in [5, 5.41) is 2.83. The van der Waals surface area contributed by atoms with Crippen LogP contribution in [0.3, 0.4) is 0 Å². The first-order chi connectivity index (χ1) is 12.4. The fraction of sp³-hybridized carbons (Fsp3) is 0.150. The minimum atomic E-state index is -1.06. The van der Waals surface area contributed by atoms with Crippen LogP contribution < -0.4 is 5.32 Å². The summed E-state index contributed by atoms with van der Waals surface area (Å²) < 4.78 is 27.3. The number of aryl methyl sites for hydroxylation is 1. The molecular weight excluding hydrogens is 351 g/mol. The smallest absolute Gasteiger partial charge is 0.257 e. The molecule has 0 aliphatic rings. The van der Waals surface area contributed by atoms with Gasteiger partial charge in [0.15, 0.2) is 0 Å². The predicted octanol–water partition coefficient (Wildman–Crippen LogP) is 4.22. The van der Waals surface area contributed by atoms with E-state index in [2.05, 4.69) is 5.32 Å². The summed E-state index contributed by atoms with van der Waals surface area (Å²) in [4.78, 5) is 13.4. The Morgan fingerprint density at radius 1 is 1.08 bits per heavy atom. The predicted molar refractivity (Wildman–Crippen MR) is 102 cm³/mol. The number of hydrogen-bond acceptors (Lipinski definition) is 2. The van der Waals surface area contributed by atoms with E-state index in [9.17, 15) is 13.4 Å². The van der Waals surface area contributed by atoms with Gasteiger partial charge in [-0.05, 0) is 56.3 Å². The molecule has 0 unspecified atom stereocenters.